The van der Waals surface area contributed by atoms with Gasteiger partial charge in [-0.25, -0.2) is 4.39 Å². The lowest BCUT2D eigenvalue weighted by atomic mass is 9.95. The molecule has 0 unspecified atom stereocenters. The maximum absolute atomic E-state index is 13.2. The van der Waals surface area contributed by atoms with Gasteiger partial charge in [-0.3, -0.25) is 0 Å². The fourth-order valence-corrected chi connectivity index (χ4v) is 3.16. The molecule has 3 rings (SSSR count). The fourth-order valence-electron chi connectivity index (χ4n) is 2.23. The third-order valence-electron chi connectivity index (χ3n) is 2.97. The number of benzene rings is 1. The molecule has 2 heterocycles. The first kappa shape index (κ1) is 10.00. The van der Waals surface area contributed by atoms with E-state index in [0.717, 1.165) is 18.5 Å². The number of halogens is 1. The standard InChI is InChI=1S/C13H12FNS/c14-10-3-1-2-9(8-10)13-11-5-7-16-12(11)4-6-15-13/h1-3,5,7-8,13,15H,4,6H2/t13-/m1/s1. The van der Waals surface area contributed by atoms with Gasteiger partial charge in [-0.05, 0) is 41.1 Å². The molecule has 1 atom stereocenters. The van der Waals surface area contributed by atoms with Crippen LogP contribution in [0.2, 0.25) is 0 Å². The van der Waals surface area contributed by atoms with E-state index in [1.807, 2.05) is 6.07 Å². The van der Waals surface area contributed by atoms with Crippen molar-refractivity contribution in [1.82, 2.24) is 5.32 Å². The van der Waals surface area contributed by atoms with E-state index >= 15 is 0 Å². The maximum Gasteiger partial charge on any atom is 0.123 e. The highest BCUT2D eigenvalue weighted by atomic mass is 32.1. The Labute approximate surface area is 97.9 Å². The van der Waals surface area contributed by atoms with Gasteiger partial charge in [0.25, 0.3) is 0 Å². The molecule has 1 N–H and O–H groups in total. The summed E-state index contributed by atoms with van der Waals surface area (Å²) in [6.07, 6.45) is 1.08. The van der Waals surface area contributed by atoms with Gasteiger partial charge in [0, 0.05) is 11.4 Å². The zero-order valence-corrected chi connectivity index (χ0v) is 9.56. The summed E-state index contributed by atoms with van der Waals surface area (Å²) in [6, 6.07) is 9.15. The van der Waals surface area contributed by atoms with Crippen molar-refractivity contribution in [3.8, 4) is 0 Å². The van der Waals surface area contributed by atoms with Crippen molar-refractivity contribution in [2.24, 2.45) is 0 Å². The normalized spacial score (nSPS) is 19.4. The molecule has 0 saturated carbocycles. The second kappa shape index (κ2) is 4.00. The van der Waals surface area contributed by atoms with Crippen molar-refractivity contribution < 1.29 is 4.39 Å². The number of nitrogens with one attached hydrogen (secondary N) is 1. The van der Waals surface area contributed by atoms with Crippen LogP contribution >= 0.6 is 11.3 Å². The van der Waals surface area contributed by atoms with Crippen LogP contribution in [0.25, 0.3) is 0 Å². The van der Waals surface area contributed by atoms with Crippen LogP contribution in [-0.2, 0) is 6.42 Å². The molecule has 3 heteroatoms. The van der Waals surface area contributed by atoms with E-state index in [0.29, 0.717) is 0 Å². The van der Waals surface area contributed by atoms with E-state index in [4.69, 9.17) is 0 Å². The molecule has 82 valence electrons. The van der Waals surface area contributed by atoms with Gasteiger partial charge in [-0.2, -0.15) is 0 Å². The molecule has 2 aromatic rings. The van der Waals surface area contributed by atoms with Crippen molar-refractivity contribution in [2.45, 2.75) is 12.5 Å². The lowest BCUT2D eigenvalue weighted by molar-refractivity contribution is 0.566. The van der Waals surface area contributed by atoms with Crippen molar-refractivity contribution in [3.63, 3.8) is 0 Å². The molecule has 0 saturated heterocycles. The molecule has 0 fully saturated rings. The van der Waals surface area contributed by atoms with Crippen molar-refractivity contribution in [2.75, 3.05) is 6.54 Å². The molecule has 0 aliphatic carbocycles. The van der Waals surface area contributed by atoms with E-state index in [9.17, 15) is 4.39 Å². The Kier molecular flexibility index (Phi) is 2.50. The topological polar surface area (TPSA) is 12.0 Å². The fraction of sp³-hybridized carbons (Fsp3) is 0.231. The highest BCUT2D eigenvalue weighted by Gasteiger charge is 2.22. The zero-order valence-electron chi connectivity index (χ0n) is 8.74. The molecule has 0 radical (unpaired) electrons. The third-order valence-corrected chi connectivity index (χ3v) is 3.97. The lowest BCUT2D eigenvalue weighted by Crippen LogP contribution is -2.29. The Balaban J connectivity index is 2.04. The molecule has 1 nitrogen and oxygen atoms in total. The van der Waals surface area contributed by atoms with Gasteiger partial charge >= 0.3 is 0 Å². The summed E-state index contributed by atoms with van der Waals surface area (Å²) in [6.45, 7) is 0.967. The van der Waals surface area contributed by atoms with Crippen LogP contribution < -0.4 is 5.32 Å². The molecule has 0 spiro atoms. The van der Waals surface area contributed by atoms with Gasteiger partial charge < -0.3 is 5.32 Å². The van der Waals surface area contributed by atoms with Crippen LogP contribution in [0.3, 0.4) is 0 Å². The van der Waals surface area contributed by atoms with Gasteiger partial charge in [-0.15, -0.1) is 11.3 Å². The van der Waals surface area contributed by atoms with Crippen LogP contribution in [0.1, 0.15) is 22.0 Å². The molecule has 1 aliphatic heterocycles. The Morgan fingerprint density at radius 2 is 2.25 bits per heavy atom. The van der Waals surface area contributed by atoms with E-state index < -0.39 is 0 Å². The number of hydrogen-bond donors (Lipinski definition) is 1. The molecular formula is C13H12FNS. The molecule has 0 amide bonds. The Morgan fingerprint density at radius 3 is 3.12 bits per heavy atom. The summed E-state index contributed by atoms with van der Waals surface area (Å²) < 4.78 is 13.2. The number of fused-ring (bicyclic) bond motifs is 1. The van der Waals surface area contributed by atoms with Crippen molar-refractivity contribution in [3.05, 3.63) is 57.5 Å². The maximum atomic E-state index is 13.2. The molecular weight excluding hydrogens is 221 g/mol. The second-order valence-electron chi connectivity index (χ2n) is 3.99. The number of thiophene rings is 1. The molecule has 1 aliphatic rings. The van der Waals surface area contributed by atoms with Gasteiger partial charge in [0.05, 0.1) is 6.04 Å². The summed E-state index contributed by atoms with van der Waals surface area (Å²) in [7, 11) is 0. The highest BCUT2D eigenvalue weighted by Crippen LogP contribution is 2.31. The summed E-state index contributed by atoms with van der Waals surface area (Å²) in [4.78, 5) is 1.42. The predicted molar refractivity (Wildman–Crippen MR) is 64.3 cm³/mol. The number of hydrogen-bond acceptors (Lipinski definition) is 2. The largest absolute Gasteiger partial charge is 0.306 e. The summed E-state index contributed by atoms with van der Waals surface area (Å²) in [5, 5.41) is 5.56. The Bertz CT molecular complexity index is 506. The third kappa shape index (κ3) is 1.66. The van der Waals surface area contributed by atoms with Crippen molar-refractivity contribution in [1.29, 1.82) is 0 Å². The van der Waals surface area contributed by atoms with Crippen LogP contribution in [0, 0.1) is 5.82 Å². The average Bonchev–Trinajstić information content (AvgIpc) is 2.76. The van der Waals surface area contributed by atoms with E-state index in [2.05, 4.69) is 16.8 Å². The minimum absolute atomic E-state index is 0.158. The molecule has 1 aromatic heterocycles. The van der Waals surface area contributed by atoms with Crippen molar-refractivity contribution >= 4 is 11.3 Å². The first-order valence-electron chi connectivity index (χ1n) is 5.40. The predicted octanol–water partition coefficient (Wildman–Crippen LogP) is 3.12. The van der Waals surface area contributed by atoms with Crippen LogP contribution in [0.15, 0.2) is 35.7 Å². The monoisotopic (exact) mass is 233 g/mol. The van der Waals surface area contributed by atoms with Gasteiger partial charge in [-0.1, -0.05) is 12.1 Å². The Hall–Kier alpha value is -1.19. The summed E-state index contributed by atoms with van der Waals surface area (Å²) >= 11 is 1.79. The molecule has 16 heavy (non-hydrogen) atoms. The van der Waals surface area contributed by atoms with Gasteiger partial charge in [0.1, 0.15) is 5.82 Å². The SMILES string of the molecule is Fc1cccc([C@H]2NCCc3sccc32)c1. The Morgan fingerprint density at radius 1 is 1.31 bits per heavy atom. The smallest absolute Gasteiger partial charge is 0.123 e. The second-order valence-corrected chi connectivity index (χ2v) is 4.99. The number of rotatable bonds is 1. The van der Waals surface area contributed by atoms with Crippen LogP contribution in [-0.4, -0.2) is 6.54 Å². The minimum Gasteiger partial charge on any atom is -0.306 e. The van der Waals surface area contributed by atoms with Crippen LogP contribution in [0.5, 0.6) is 0 Å². The van der Waals surface area contributed by atoms with E-state index in [1.54, 1.807) is 23.5 Å². The molecule has 1 aromatic carbocycles. The minimum atomic E-state index is -0.165. The average molecular weight is 233 g/mol. The van der Waals surface area contributed by atoms with Crippen LogP contribution in [0.4, 0.5) is 4.39 Å². The first-order valence-corrected chi connectivity index (χ1v) is 6.27. The molecule has 0 bridgehead atoms. The quantitative estimate of drug-likeness (QED) is 0.798. The summed E-state index contributed by atoms with van der Waals surface area (Å²) in [5.74, 6) is -0.165. The van der Waals surface area contributed by atoms with E-state index in [-0.39, 0.29) is 11.9 Å². The first-order chi connectivity index (χ1) is 7.84. The zero-order chi connectivity index (χ0) is 11.0. The van der Waals surface area contributed by atoms with E-state index in [1.165, 1.54) is 16.5 Å². The summed E-state index contributed by atoms with van der Waals surface area (Å²) in [5.41, 5.74) is 2.32. The van der Waals surface area contributed by atoms with Gasteiger partial charge in [0.2, 0.25) is 0 Å². The lowest BCUT2D eigenvalue weighted by Gasteiger charge is -2.24. The van der Waals surface area contributed by atoms with Gasteiger partial charge in [0.15, 0.2) is 0 Å². The highest BCUT2D eigenvalue weighted by molar-refractivity contribution is 7.10.